The second-order valence-electron chi connectivity index (χ2n) is 7.62. The first kappa shape index (κ1) is 24.0. The van der Waals surface area contributed by atoms with Gasteiger partial charge in [0.25, 0.3) is 0 Å². The number of para-hydroxylation sites is 1. The SMILES string of the molecule is CN1C(CBr)CN(c2ccccc2)c2cc(Cl)c(-c3ccc(F)c(C(=O)O)c3)cc2S1(O)O. The van der Waals surface area contributed by atoms with Gasteiger partial charge in [-0.25, -0.2) is 9.18 Å². The van der Waals surface area contributed by atoms with Crippen LogP contribution >= 0.6 is 38.3 Å². The fourth-order valence-corrected chi connectivity index (χ4v) is 6.53. The summed E-state index contributed by atoms with van der Waals surface area (Å²) in [5.41, 5.74) is 1.62. The van der Waals surface area contributed by atoms with E-state index in [0.29, 0.717) is 28.7 Å². The van der Waals surface area contributed by atoms with Gasteiger partial charge in [0.05, 0.1) is 27.2 Å². The average Bonchev–Trinajstić information content (AvgIpc) is 2.87. The van der Waals surface area contributed by atoms with E-state index >= 15 is 0 Å². The Balaban J connectivity index is 1.96. The maximum absolute atomic E-state index is 14.0. The molecule has 0 aliphatic carbocycles. The van der Waals surface area contributed by atoms with Gasteiger partial charge in [0.2, 0.25) is 0 Å². The van der Waals surface area contributed by atoms with Crippen molar-refractivity contribution in [3.05, 3.63) is 77.1 Å². The smallest absolute Gasteiger partial charge is 0.338 e. The highest BCUT2D eigenvalue weighted by molar-refractivity contribution is 9.09. The van der Waals surface area contributed by atoms with Crippen LogP contribution in [0.4, 0.5) is 15.8 Å². The summed E-state index contributed by atoms with van der Waals surface area (Å²) < 4.78 is 38.1. The van der Waals surface area contributed by atoms with Crippen molar-refractivity contribution >= 4 is 55.7 Å². The van der Waals surface area contributed by atoms with Crippen LogP contribution in [0.2, 0.25) is 5.02 Å². The molecule has 0 amide bonds. The van der Waals surface area contributed by atoms with Gasteiger partial charge < -0.3 is 10.0 Å². The van der Waals surface area contributed by atoms with E-state index in [9.17, 15) is 23.4 Å². The molecule has 0 aromatic heterocycles. The van der Waals surface area contributed by atoms with Gasteiger partial charge in [0.1, 0.15) is 5.82 Å². The Morgan fingerprint density at radius 1 is 1.18 bits per heavy atom. The van der Waals surface area contributed by atoms with Crippen LogP contribution in [0.15, 0.2) is 65.6 Å². The predicted molar refractivity (Wildman–Crippen MR) is 134 cm³/mol. The Hall–Kier alpha value is -2.14. The minimum Gasteiger partial charge on any atom is -0.478 e. The number of likely N-dealkylation sites (N-methyl/N-ethyl adjacent to an activating group) is 1. The van der Waals surface area contributed by atoms with Gasteiger partial charge in [0.15, 0.2) is 0 Å². The number of benzene rings is 3. The lowest BCUT2D eigenvalue weighted by Crippen LogP contribution is -2.40. The Bertz CT molecular complexity index is 1210. The molecule has 1 atom stereocenters. The van der Waals surface area contributed by atoms with E-state index < -0.39 is 28.1 Å². The molecule has 0 fully saturated rings. The first-order valence-electron chi connectivity index (χ1n) is 9.91. The van der Waals surface area contributed by atoms with Gasteiger partial charge in [0, 0.05) is 30.2 Å². The number of fused-ring (bicyclic) bond motifs is 1. The molecule has 3 aromatic carbocycles. The lowest BCUT2D eigenvalue weighted by atomic mass is 10.0. The molecule has 3 N–H and O–H groups in total. The second kappa shape index (κ2) is 9.25. The summed E-state index contributed by atoms with van der Waals surface area (Å²) in [6, 6.07) is 16.1. The molecule has 1 aliphatic rings. The molecular formula is C23H21BrClFN2O4S. The van der Waals surface area contributed by atoms with E-state index in [1.165, 1.54) is 16.4 Å². The van der Waals surface area contributed by atoms with Crippen LogP contribution < -0.4 is 4.90 Å². The number of hydrogen-bond donors (Lipinski definition) is 3. The number of carbonyl (C=O) groups is 1. The molecule has 10 heteroatoms. The standard InChI is InChI=1S/C23H21BrClFN2O4S/c1-27-16(12-24)13-28(15-5-3-2-4-6-15)21-11-19(25)17(10-22(21)33(27,31)32)14-7-8-20(26)18(9-14)23(29)30/h2-11,16,31-32H,12-13H2,1H3,(H,29,30). The number of carboxylic acid groups (broad SMARTS) is 1. The van der Waals surface area contributed by atoms with Gasteiger partial charge in [-0.05, 0) is 42.0 Å². The predicted octanol–water partition coefficient (Wildman–Crippen LogP) is 6.72. The lowest BCUT2D eigenvalue weighted by molar-refractivity contribution is 0.0692. The van der Waals surface area contributed by atoms with Crippen LogP contribution in [-0.2, 0) is 0 Å². The number of rotatable bonds is 4. The zero-order chi connectivity index (χ0) is 23.9. The highest BCUT2D eigenvalue weighted by Gasteiger charge is 2.37. The fraction of sp³-hybridized carbons (Fsp3) is 0.174. The summed E-state index contributed by atoms with van der Waals surface area (Å²) in [4.78, 5) is 13.6. The molecule has 0 bridgehead atoms. The third-order valence-electron chi connectivity index (χ3n) is 5.70. The van der Waals surface area contributed by atoms with Crippen molar-refractivity contribution in [2.45, 2.75) is 10.9 Å². The van der Waals surface area contributed by atoms with E-state index in [1.807, 2.05) is 35.2 Å². The topological polar surface area (TPSA) is 84.2 Å². The van der Waals surface area contributed by atoms with E-state index in [2.05, 4.69) is 15.9 Å². The summed E-state index contributed by atoms with van der Waals surface area (Å²) in [5, 5.41) is 10.1. The third-order valence-corrected chi connectivity index (χ3v) is 8.78. The zero-order valence-corrected chi connectivity index (χ0v) is 20.6. The molecule has 1 unspecified atom stereocenters. The summed E-state index contributed by atoms with van der Waals surface area (Å²) >= 11 is 10.1. The van der Waals surface area contributed by atoms with E-state index in [-0.39, 0.29) is 16.0 Å². The third kappa shape index (κ3) is 4.37. The largest absolute Gasteiger partial charge is 0.478 e. The first-order valence-corrected chi connectivity index (χ1v) is 12.9. The van der Waals surface area contributed by atoms with Crippen molar-refractivity contribution in [2.24, 2.45) is 0 Å². The van der Waals surface area contributed by atoms with Crippen LogP contribution in [0.25, 0.3) is 11.1 Å². The maximum atomic E-state index is 14.0. The van der Waals surface area contributed by atoms with Crippen LogP contribution in [0, 0.1) is 5.82 Å². The van der Waals surface area contributed by atoms with Crippen molar-refractivity contribution in [1.29, 1.82) is 0 Å². The van der Waals surface area contributed by atoms with E-state index in [0.717, 1.165) is 11.8 Å². The minimum absolute atomic E-state index is 0.241. The number of halogens is 3. The minimum atomic E-state index is -3.43. The number of hydrogen-bond acceptors (Lipinski definition) is 5. The Labute approximate surface area is 205 Å². The first-order chi connectivity index (χ1) is 15.6. The average molecular weight is 556 g/mol. The molecule has 33 heavy (non-hydrogen) atoms. The molecule has 4 rings (SSSR count). The maximum Gasteiger partial charge on any atom is 0.338 e. The highest BCUT2D eigenvalue weighted by Crippen LogP contribution is 2.59. The number of alkyl halides is 1. The molecule has 0 saturated carbocycles. The number of carboxylic acids is 1. The Morgan fingerprint density at radius 3 is 2.52 bits per heavy atom. The van der Waals surface area contributed by atoms with Crippen LogP contribution in [0.1, 0.15) is 10.4 Å². The quantitative estimate of drug-likeness (QED) is 0.310. The second-order valence-corrected chi connectivity index (χ2v) is 10.7. The molecule has 3 aromatic rings. The summed E-state index contributed by atoms with van der Waals surface area (Å²) in [6.45, 7) is 0.462. The van der Waals surface area contributed by atoms with Crippen LogP contribution in [0.5, 0.6) is 0 Å². The van der Waals surface area contributed by atoms with Gasteiger partial charge in [-0.1, -0.05) is 51.8 Å². The van der Waals surface area contributed by atoms with Crippen LogP contribution in [-0.4, -0.2) is 49.5 Å². The number of nitrogens with zero attached hydrogens (tertiary/aromatic N) is 2. The van der Waals surface area contributed by atoms with E-state index in [4.69, 9.17) is 11.6 Å². The molecule has 1 heterocycles. The van der Waals surface area contributed by atoms with Gasteiger partial charge >= 0.3 is 5.97 Å². The molecule has 0 spiro atoms. The lowest BCUT2D eigenvalue weighted by Gasteiger charge is -2.42. The van der Waals surface area contributed by atoms with Gasteiger partial charge in [-0.3, -0.25) is 9.11 Å². The van der Waals surface area contributed by atoms with Crippen molar-refractivity contribution in [1.82, 2.24) is 4.31 Å². The fourth-order valence-electron chi connectivity index (χ4n) is 3.84. The number of anilines is 2. The Kier molecular flexibility index (Phi) is 6.73. The van der Waals surface area contributed by atoms with Crippen molar-refractivity contribution in [2.75, 3.05) is 23.8 Å². The van der Waals surface area contributed by atoms with Crippen molar-refractivity contribution < 1.29 is 23.4 Å². The van der Waals surface area contributed by atoms with Gasteiger partial charge in [-0.15, -0.1) is 10.8 Å². The summed E-state index contributed by atoms with van der Waals surface area (Å²) in [7, 11) is -1.78. The van der Waals surface area contributed by atoms with Gasteiger partial charge in [-0.2, -0.15) is 4.31 Å². The van der Waals surface area contributed by atoms with Crippen molar-refractivity contribution in [3.63, 3.8) is 0 Å². The summed E-state index contributed by atoms with van der Waals surface area (Å²) in [5.74, 6) is -2.27. The molecule has 6 nitrogen and oxygen atoms in total. The number of aromatic carboxylic acids is 1. The van der Waals surface area contributed by atoms with Crippen LogP contribution in [0.3, 0.4) is 0 Å². The van der Waals surface area contributed by atoms with E-state index in [1.54, 1.807) is 19.2 Å². The normalized spacial score (nSPS) is 19.0. The summed E-state index contributed by atoms with van der Waals surface area (Å²) in [6.07, 6.45) is 0. The molecule has 1 aliphatic heterocycles. The molecular weight excluding hydrogens is 535 g/mol. The molecule has 174 valence electrons. The van der Waals surface area contributed by atoms with Crippen molar-refractivity contribution in [3.8, 4) is 11.1 Å². The highest BCUT2D eigenvalue weighted by atomic mass is 79.9. The monoisotopic (exact) mass is 554 g/mol. The zero-order valence-electron chi connectivity index (χ0n) is 17.5. The Morgan fingerprint density at radius 2 is 1.88 bits per heavy atom. The molecule has 0 saturated heterocycles. The molecule has 0 radical (unpaired) electrons.